The molecule has 0 bridgehead atoms. The number of rotatable bonds is 10. The fourth-order valence-electron chi connectivity index (χ4n) is 3.35. The highest BCUT2D eigenvalue weighted by atomic mass is 16.3. The predicted octanol–water partition coefficient (Wildman–Crippen LogP) is -1.24. The van der Waals surface area contributed by atoms with Gasteiger partial charge in [0.1, 0.15) is 6.61 Å². The molecule has 3 amide bonds. The monoisotopic (exact) mass is 471 g/mol. The van der Waals surface area contributed by atoms with E-state index in [2.05, 4.69) is 10.6 Å². The molecule has 1 aromatic rings. The average Bonchev–Trinajstić information content (AvgIpc) is 2.81. The largest absolute Gasteiger partial charge is 0.394 e. The third kappa shape index (κ3) is 7.76. The molecule has 0 fully saturated rings. The molecule has 0 aliphatic carbocycles. The molecule has 1 aromatic carbocycles. The molecule has 11 heteroatoms. The molecule has 0 radical (unpaired) electrons. The van der Waals surface area contributed by atoms with E-state index < -0.39 is 49.8 Å². The van der Waals surface area contributed by atoms with Crippen molar-refractivity contribution in [3.63, 3.8) is 0 Å². The van der Waals surface area contributed by atoms with Crippen LogP contribution in [0.5, 0.6) is 0 Å². The summed E-state index contributed by atoms with van der Waals surface area (Å²) in [5.41, 5.74) is 1.50. The Hall–Kier alpha value is -2.57. The highest BCUT2D eigenvalue weighted by Gasteiger charge is 2.28. The van der Waals surface area contributed by atoms with Gasteiger partial charge in [-0.25, -0.2) is 0 Å². The van der Waals surface area contributed by atoms with Gasteiger partial charge < -0.3 is 41.1 Å². The van der Waals surface area contributed by atoms with Gasteiger partial charge in [-0.05, 0) is 37.5 Å². The maximum atomic E-state index is 12.9. The fraction of sp³-hybridized carbons (Fsp3) is 0.591. The first-order valence-corrected chi connectivity index (χ1v) is 10.7. The first-order valence-electron chi connectivity index (χ1n) is 10.7. The standard InChI is InChI=1S/C20H31N3O8.C2H6/c1-10-16(19(30)21-5-13(27)7-24)11(2)18(23(4)15(29)9-26)12(3)17(10)20(31)22-6-14(28)8-25;1-2/h13-14,24-28H,5-9H2,1-4H3,(H,21,30)(H,22,31);1-2H3. The highest BCUT2D eigenvalue weighted by molar-refractivity contribution is 6.08. The number of hydrogen-bond donors (Lipinski definition) is 7. The summed E-state index contributed by atoms with van der Waals surface area (Å²) in [6.07, 6.45) is -2.34. The zero-order chi connectivity index (χ0) is 25.9. The molecule has 0 aromatic heterocycles. The van der Waals surface area contributed by atoms with Gasteiger partial charge in [0.2, 0.25) is 0 Å². The van der Waals surface area contributed by atoms with E-state index in [1.807, 2.05) is 13.8 Å². The third-order valence-corrected chi connectivity index (χ3v) is 4.93. The summed E-state index contributed by atoms with van der Waals surface area (Å²) >= 11 is 0. The lowest BCUT2D eigenvalue weighted by Gasteiger charge is -2.27. The van der Waals surface area contributed by atoms with Crippen molar-refractivity contribution >= 4 is 23.4 Å². The molecule has 0 aliphatic rings. The molecular weight excluding hydrogens is 434 g/mol. The minimum Gasteiger partial charge on any atom is -0.394 e. The second-order valence-electron chi connectivity index (χ2n) is 7.18. The Balaban J connectivity index is 0.00000497. The van der Waals surface area contributed by atoms with Crippen molar-refractivity contribution in [1.29, 1.82) is 0 Å². The molecule has 0 saturated heterocycles. The summed E-state index contributed by atoms with van der Waals surface area (Å²) in [6.45, 7) is 6.39. The Morgan fingerprint density at radius 2 is 1.15 bits per heavy atom. The van der Waals surface area contributed by atoms with Crippen molar-refractivity contribution in [3.8, 4) is 0 Å². The van der Waals surface area contributed by atoms with Gasteiger partial charge in [0.15, 0.2) is 0 Å². The Morgan fingerprint density at radius 1 is 0.788 bits per heavy atom. The van der Waals surface area contributed by atoms with E-state index in [0.29, 0.717) is 16.7 Å². The zero-order valence-corrected chi connectivity index (χ0v) is 20.1. The van der Waals surface area contributed by atoms with Crippen molar-refractivity contribution in [3.05, 3.63) is 27.8 Å². The number of hydrogen-bond acceptors (Lipinski definition) is 8. The molecule has 0 aliphatic heterocycles. The van der Waals surface area contributed by atoms with Gasteiger partial charge >= 0.3 is 0 Å². The lowest BCUT2D eigenvalue weighted by molar-refractivity contribution is -0.121. The van der Waals surface area contributed by atoms with Crippen LogP contribution >= 0.6 is 0 Å². The van der Waals surface area contributed by atoms with Gasteiger partial charge in [0.05, 0.1) is 31.1 Å². The van der Waals surface area contributed by atoms with Crippen LogP contribution in [0.25, 0.3) is 0 Å². The number of aliphatic hydroxyl groups is 5. The van der Waals surface area contributed by atoms with E-state index in [9.17, 15) is 29.7 Å². The molecule has 33 heavy (non-hydrogen) atoms. The molecular formula is C22H37N3O8. The van der Waals surface area contributed by atoms with Gasteiger partial charge in [0.25, 0.3) is 17.7 Å². The minimum absolute atomic E-state index is 0.0937. The average molecular weight is 472 g/mol. The van der Waals surface area contributed by atoms with Crippen LogP contribution < -0.4 is 15.5 Å². The Kier molecular flexibility index (Phi) is 13.4. The van der Waals surface area contributed by atoms with Crippen molar-refractivity contribution in [2.24, 2.45) is 0 Å². The second kappa shape index (κ2) is 14.6. The highest BCUT2D eigenvalue weighted by Crippen LogP contribution is 2.33. The quantitative estimate of drug-likeness (QED) is 0.221. The van der Waals surface area contributed by atoms with Gasteiger partial charge in [-0.15, -0.1) is 0 Å². The molecule has 2 atom stereocenters. The van der Waals surface area contributed by atoms with Crippen LogP contribution in [0.3, 0.4) is 0 Å². The summed E-state index contributed by atoms with van der Waals surface area (Å²) in [7, 11) is 1.40. The van der Waals surface area contributed by atoms with Gasteiger partial charge in [-0.2, -0.15) is 0 Å². The molecule has 0 spiro atoms. The van der Waals surface area contributed by atoms with Crippen molar-refractivity contribution in [2.75, 3.05) is 44.9 Å². The molecule has 1 rings (SSSR count). The second-order valence-corrected chi connectivity index (χ2v) is 7.18. The molecule has 11 nitrogen and oxygen atoms in total. The van der Waals surface area contributed by atoms with E-state index in [4.69, 9.17) is 10.2 Å². The van der Waals surface area contributed by atoms with E-state index in [-0.39, 0.29) is 29.9 Å². The van der Waals surface area contributed by atoms with E-state index >= 15 is 0 Å². The van der Waals surface area contributed by atoms with Crippen molar-refractivity contribution in [1.82, 2.24) is 10.6 Å². The van der Waals surface area contributed by atoms with Crippen molar-refractivity contribution < 1.29 is 39.9 Å². The maximum absolute atomic E-state index is 12.9. The molecule has 188 valence electrons. The number of aliphatic hydroxyl groups excluding tert-OH is 5. The molecule has 0 saturated carbocycles. The fourth-order valence-corrected chi connectivity index (χ4v) is 3.35. The van der Waals surface area contributed by atoms with Crippen LogP contribution in [-0.4, -0.2) is 95.4 Å². The summed E-state index contributed by atoms with van der Waals surface area (Å²) in [5, 5.41) is 51.1. The maximum Gasteiger partial charge on any atom is 0.252 e. The topological polar surface area (TPSA) is 180 Å². The van der Waals surface area contributed by atoms with Crippen LogP contribution in [0.4, 0.5) is 5.69 Å². The SMILES string of the molecule is CC.Cc1c(C(=O)NCC(O)CO)c(C)c(N(C)C(=O)CO)c(C)c1C(=O)NCC(O)CO. The summed E-state index contributed by atoms with van der Waals surface area (Å²) in [5.74, 6) is -1.91. The number of carbonyl (C=O) groups is 3. The van der Waals surface area contributed by atoms with E-state index in [1.165, 1.54) is 7.05 Å². The number of nitrogens with one attached hydrogen (secondary N) is 2. The van der Waals surface area contributed by atoms with E-state index in [1.54, 1.807) is 20.8 Å². The third-order valence-electron chi connectivity index (χ3n) is 4.93. The van der Waals surface area contributed by atoms with Crippen LogP contribution in [0.1, 0.15) is 51.3 Å². The molecule has 0 heterocycles. The lowest BCUT2D eigenvalue weighted by Crippen LogP contribution is -2.38. The van der Waals surface area contributed by atoms with Gasteiger partial charge in [-0.3, -0.25) is 14.4 Å². The Morgan fingerprint density at radius 3 is 1.45 bits per heavy atom. The number of likely N-dealkylation sites (N-methyl/N-ethyl adjacent to an activating group) is 1. The lowest BCUT2D eigenvalue weighted by atomic mass is 9.89. The molecule has 7 N–H and O–H groups in total. The molecule has 2 unspecified atom stereocenters. The van der Waals surface area contributed by atoms with E-state index in [0.717, 1.165) is 4.90 Å². The normalized spacial score (nSPS) is 12.2. The van der Waals surface area contributed by atoms with Crippen LogP contribution in [0, 0.1) is 20.8 Å². The number of carbonyl (C=O) groups excluding carboxylic acids is 3. The van der Waals surface area contributed by atoms with Gasteiger partial charge in [-0.1, -0.05) is 13.8 Å². The summed E-state index contributed by atoms with van der Waals surface area (Å²) < 4.78 is 0. The first kappa shape index (κ1) is 30.4. The zero-order valence-electron chi connectivity index (χ0n) is 20.1. The number of benzene rings is 1. The Bertz CT molecular complexity index is 775. The number of nitrogens with zero attached hydrogens (tertiary/aromatic N) is 1. The summed E-state index contributed by atoms with van der Waals surface area (Å²) in [4.78, 5) is 39.0. The summed E-state index contributed by atoms with van der Waals surface area (Å²) in [6, 6.07) is 0. The smallest absolute Gasteiger partial charge is 0.252 e. The van der Waals surface area contributed by atoms with Gasteiger partial charge in [0, 0.05) is 31.3 Å². The number of anilines is 1. The predicted molar refractivity (Wildman–Crippen MR) is 123 cm³/mol. The van der Waals surface area contributed by atoms with Crippen LogP contribution in [0.15, 0.2) is 0 Å². The number of amides is 3. The van der Waals surface area contributed by atoms with Crippen LogP contribution in [0.2, 0.25) is 0 Å². The minimum atomic E-state index is -1.17. The Labute approximate surface area is 194 Å². The van der Waals surface area contributed by atoms with Crippen molar-refractivity contribution in [2.45, 2.75) is 46.8 Å². The van der Waals surface area contributed by atoms with Crippen LogP contribution in [-0.2, 0) is 4.79 Å². The first-order chi connectivity index (χ1) is 15.5.